The minimum Gasteiger partial charge on any atom is -0.506 e. The standard InChI is InChI=1S/C9H7Cl2NO2/c10-5-3-6(11)9(14)4-1-2-7(13)12-8(4)5/h3,14H,1-2H2,(H,12,13). The summed E-state index contributed by atoms with van der Waals surface area (Å²) in [5.41, 5.74) is 1.09. The largest absolute Gasteiger partial charge is 0.506 e. The van der Waals surface area contributed by atoms with Gasteiger partial charge in [-0.1, -0.05) is 23.2 Å². The first-order chi connectivity index (χ1) is 6.59. The lowest BCUT2D eigenvalue weighted by atomic mass is 10.0. The smallest absolute Gasteiger partial charge is 0.224 e. The molecule has 14 heavy (non-hydrogen) atoms. The van der Waals surface area contributed by atoms with E-state index in [-0.39, 0.29) is 16.7 Å². The maximum Gasteiger partial charge on any atom is 0.224 e. The molecule has 1 amide bonds. The van der Waals surface area contributed by atoms with Crippen LogP contribution in [0.4, 0.5) is 5.69 Å². The summed E-state index contributed by atoms with van der Waals surface area (Å²) in [5.74, 6) is -0.0906. The number of hydrogen-bond acceptors (Lipinski definition) is 2. The molecule has 0 radical (unpaired) electrons. The van der Waals surface area contributed by atoms with E-state index in [2.05, 4.69) is 5.32 Å². The Bertz CT molecular complexity index is 418. The quantitative estimate of drug-likeness (QED) is 0.722. The second kappa shape index (κ2) is 3.33. The molecule has 1 aliphatic rings. The number of fused-ring (bicyclic) bond motifs is 1. The fourth-order valence-corrected chi connectivity index (χ4v) is 2.03. The highest BCUT2D eigenvalue weighted by atomic mass is 35.5. The number of rotatable bonds is 0. The van der Waals surface area contributed by atoms with E-state index < -0.39 is 0 Å². The third-order valence-corrected chi connectivity index (χ3v) is 2.76. The lowest BCUT2D eigenvalue weighted by Crippen LogP contribution is -2.19. The van der Waals surface area contributed by atoms with Crippen molar-refractivity contribution in [3.05, 3.63) is 21.7 Å². The molecule has 0 saturated carbocycles. The Labute approximate surface area is 90.6 Å². The van der Waals surface area contributed by atoms with Gasteiger partial charge in [0.1, 0.15) is 5.75 Å². The summed E-state index contributed by atoms with van der Waals surface area (Å²) in [4.78, 5) is 11.1. The summed E-state index contributed by atoms with van der Waals surface area (Å²) in [7, 11) is 0. The van der Waals surface area contributed by atoms with Crippen LogP contribution < -0.4 is 5.32 Å². The zero-order valence-corrected chi connectivity index (χ0v) is 8.61. The molecule has 2 N–H and O–H groups in total. The number of aromatic hydroxyl groups is 1. The molecule has 1 aromatic rings. The zero-order chi connectivity index (χ0) is 10.3. The monoisotopic (exact) mass is 231 g/mol. The van der Waals surface area contributed by atoms with Crippen LogP contribution in [0.5, 0.6) is 5.75 Å². The number of anilines is 1. The van der Waals surface area contributed by atoms with Gasteiger partial charge in [0.25, 0.3) is 0 Å². The van der Waals surface area contributed by atoms with E-state index in [1.807, 2.05) is 0 Å². The molecule has 0 unspecified atom stereocenters. The van der Waals surface area contributed by atoms with Crippen LogP contribution in [0.3, 0.4) is 0 Å². The van der Waals surface area contributed by atoms with Gasteiger partial charge >= 0.3 is 0 Å². The molecule has 5 heteroatoms. The number of benzene rings is 1. The number of carbonyl (C=O) groups excluding carboxylic acids is 1. The first-order valence-electron chi connectivity index (χ1n) is 4.09. The van der Waals surface area contributed by atoms with Crippen LogP contribution in [-0.2, 0) is 11.2 Å². The summed E-state index contributed by atoms with van der Waals surface area (Å²) in [6.07, 6.45) is 0.810. The molecule has 2 rings (SSSR count). The predicted octanol–water partition coefficient (Wildman–Crippen LogP) is 2.58. The van der Waals surface area contributed by atoms with Crippen molar-refractivity contribution in [2.24, 2.45) is 0 Å². The fraction of sp³-hybridized carbons (Fsp3) is 0.222. The summed E-state index contributed by atoms with van der Waals surface area (Å²) >= 11 is 11.6. The lowest BCUT2D eigenvalue weighted by molar-refractivity contribution is -0.116. The van der Waals surface area contributed by atoms with Crippen LogP contribution in [0.1, 0.15) is 12.0 Å². The first kappa shape index (κ1) is 9.62. The first-order valence-corrected chi connectivity index (χ1v) is 4.85. The van der Waals surface area contributed by atoms with E-state index in [1.54, 1.807) is 0 Å². The fourth-order valence-electron chi connectivity index (χ4n) is 1.48. The number of carbonyl (C=O) groups is 1. The molecule has 1 heterocycles. The molecule has 0 fully saturated rings. The molecule has 0 atom stereocenters. The zero-order valence-electron chi connectivity index (χ0n) is 7.10. The van der Waals surface area contributed by atoms with Crippen molar-refractivity contribution >= 4 is 34.8 Å². The molecule has 74 valence electrons. The Kier molecular flexibility index (Phi) is 2.29. The van der Waals surface area contributed by atoms with Crippen molar-refractivity contribution in [3.63, 3.8) is 0 Å². The number of amides is 1. The van der Waals surface area contributed by atoms with E-state index in [9.17, 15) is 9.90 Å². The number of phenols is 1. The van der Waals surface area contributed by atoms with Gasteiger partial charge < -0.3 is 10.4 Å². The molecule has 3 nitrogen and oxygen atoms in total. The van der Waals surface area contributed by atoms with Crippen LogP contribution in [0, 0.1) is 0 Å². The van der Waals surface area contributed by atoms with Crippen molar-refractivity contribution in [1.29, 1.82) is 0 Å². The van der Waals surface area contributed by atoms with Crippen molar-refractivity contribution in [2.45, 2.75) is 12.8 Å². The van der Waals surface area contributed by atoms with Gasteiger partial charge in [-0.15, -0.1) is 0 Å². The maximum absolute atomic E-state index is 11.1. The number of hydrogen-bond donors (Lipinski definition) is 2. The van der Waals surface area contributed by atoms with E-state index in [0.717, 1.165) is 0 Å². The summed E-state index contributed by atoms with van der Waals surface area (Å²) in [6, 6.07) is 1.42. The van der Waals surface area contributed by atoms with E-state index in [0.29, 0.717) is 29.1 Å². The molecular formula is C9H7Cl2NO2. The summed E-state index contributed by atoms with van der Waals surface area (Å²) in [5, 5.41) is 12.8. The molecule has 0 bridgehead atoms. The second-order valence-electron chi connectivity index (χ2n) is 3.09. The van der Waals surface area contributed by atoms with Gasteiger partial charge in [-0.25, -0.2) is 0 Å². The maximum atomic E-state index is 11.1. The van der Waals surface area contributed by atoms with E-state index in [1.165, 1.54) is 6.07 Å². The summed E-state index contributed by atoms with van der Waals surface area (Å²) in [6.45, 7) is 0. The van der Waals surface area contributed by atoms with Gasteiger partial charge in [-0.2, -0.15) is 0 Å². The minimum atomic E-state index is -0.0962. The average molecular weight is 232 g/mol. The van der Waals surface area contributed by atoms with Crippen LogP contribution in [0.25, 0.3) is 0 Å². The van der Waals surface area contributed by atoms with Crippen molar-refractivity contribution in [1.82, 2.24) is 0 Å². The third kappa shape index (κ3) is 1.42. The van der Waals surface area contributed by atoms with Crippen molar-refractivity contribution in [2.75, 3.05) is 5.32 Å². The molecular weight excluding hydrogens is 225 g/mol. The van der Waals surface area contributed by atoms with Crippen LogP contribution in [0.2, 0.25) is 10.0 Å². The van der Waals surface area contributed by atoms with Gasteiger partial charge in [0.15, 0.2) is 0 Å². The highest BCUT2D eigenvalue weighted by Gasteiger charge is 2.22. The highest BCUT2D eigenvalue weighted by Crippen LogP contribution is 2.41. The van der Waals surface area contributed by atoms with Crippen LogP contribution in [-0.4, -0.2) is 11.0 Å². The Morgan fingerprint density at radius 3 is 2.71 bits per heavy atom. The van der Waals surface area contributed by atoms with E-state index >= 15 is 0 Å². The Hall–Kier alpha value is -0.930. The molecule has 0 saturated heterocycles. The topological polar surface area (TPSA) is 49.3 Å². The average Bonchev–Trinajstić information content (AvgIpc) is 2.14. The molecule has 1 aromatic carbocycles. The normalized spacial score (nSPS) is 14.9. The molecule has 0 aromatic heterocycles. The summed E-state index contributed by atoms with van der Waals surface area (Å²) < 4.78 is 0. The second-order valence-corrected chi connectivity index (χ2v) is 3.90. The highest BCUT2D eigenvalue weighted by molar-refractivity contribution is 6.38. The number of nitrogens with one attached hydrogen (secondary N) is 1. The van der Waals surface area contributed by atoms with Gasteiger partial charge in [-0.3, -0.25) is 4.79 Å². The number of phenolic OH excluding ortho intramolecular Hbond substituents is 1. The SMILES string of the molecule is O=C1CCc2c(O)c(Cl)cc(Cl)c2N1. The van der Waals surface area contributed by atoms with Crippen molar-refractivity contribution in [3.8, 4) is 5.75 Å². The third-order valence-electron chi connectivity index (χ3n) is 2.17. The molecule has 0 spiro atoms. The Morgan fingerprint density at radius 1 is 1.29 bits per heavy atom. The van der Waals surface area contributed by atoms with Gasteiger partial charge in [0, 0.05) is 12.0 Å². The molecule has 0 aliphatic carbocycles. The lowest BCUT2D eigenvalue weighted by Gasteiger charge is -2.19. The molecule has 1 aliphatic heterocycles. The van der Waals surface area contributed by atoms with E-state index in [4.69, 9.17) is 23.2 Å². The number of halogens is 2. The van der Waals surface area contributed by atoms with Crippen LogP contribution in [0.15, 0.2) is 6.07 Å². The Balaban J connectivity index is 2.62. The van der Waals surface area contributed by atoms with Gasteiger partial charge in [-0.05, 0) is 12.5 Å². The van der Waals surface area contributed by atoms with Gasteiger partial charge in [0.2, 0.25) is 5.91 Å². The van der Waals surface area contributed by atoms with Crippen molar-refractivity contribution < 1.29 is 9.90 Å². The van der Waals surface area contributed by atoms with Gasteiger partial charge in [0.05, 0.1) is 15.7 Å². The Morgan fingerprint density at radius 2 is 2.00 bits per heavy atom. The van der Waals surface area contributed by atoms with Crippen LogP contribution >= 0.6 is 23.2 Å². The predicted molar refractivity (Wildman–Crippen MR) is 55.1 cm³/mol. The minimum absolute atomic E-state index is 0.00562.